The highest BCUT2D eigenvalue weighted by Crippen LogP contribution is 2.19. The summed E-state index contributed by atoms with van der Waals surface area (Å²) >= 11 is 5.99. The first-order chi connectivity index (χ1) is 18.2. The second kappa shape index (κ2) is 11.7. The molecule has 2 heterocycles. The number of ether oxygens (including phenoxy) is 2. The first kappa shape index (κ1) is 26.6. The number of anilines is 1. The number of carboxylic acid groups (broad SMARTS) is 1. The summed E-state index contributed by atoms with van der Waals surface area (Å²) in [6.45, 7) is 1.20. The van der Waals surface area contributed by atoms with Crippen LogP contribution < -0.4 is 26.2 Å². The van der Waals surface area contributed by atoms with E-state index >= 15 is 0 Å². The highest BCUT2D eigenvalue weighted by molar-refractivity contribution is 6.30. The van der Waals surface area contributed by atoms with Crippen molar-refractivity contribution in [3.05, 3.63) is 92.2 Å². The Morgan fingerprint density at radius 2 is 1.92 bits per heavy atom. The zero-order valence-electron chi connectivity index (χ0n) is 20.6. The molecule has 0 aliphatic heterocycles. The smallest absolute Gasteiger partial charge is 0.354 e. The van der Waals surface area contributed by atoms with Gasteiger partial charge in [0.2, 0.25) is 17.7 Å². The van der Waals surface area contributed by atoms with Crippen LogP contribution >= 0.6 is 11.6 Å². The summed E-state index contributed by atoms with van der Waals surface area (Å²) in [5.41, 5.74) is -0.771. The summed E-state index contributed by atoms with van der Waals surface area (Å²) in [6, 6.07) is 6.57. The fourth-order valence-corrected chi connectivity index (χ4v) is 3.74. The topological polar surface area (TPSA) is 150 Å². The number of aromatic nitrogens is 5. The third kappa shape index (κ3) is 6.45. The van der Waals surface area contributed by atoms with Crippen molar-refractivity contribution in [1.29, 1.82) is 0 Å². The molecule has 3 aromatic rings. The second-order valence-electron chi connectivity index (χ2n) is 8.52. The molecule has 2 atom stereocenters. The minimum absolute atomic E-state index is 0.0558. The molecule has 0 saturated carbocycles. The van der Waals surface area contributed by atoms with Gasteiger partial charge in [-0.25, -0.2) is 14.2 Å². The van der Waals surface area contributed by atoms with E-state index in [9.17, 15) is 19.5 Å². The molecule has 0 bridgehead atoms. The van der Waals surface area contributed by atoms with Gasteiger partial charge in [-0.2, -0.15) is 9.97 Å². The molecule has 0 saturated heterocycles. The maximum absolute atomic E-state index is 13.3. The summed E-state index contributed by atoms with van der Waals surface area (Å²) in [6.07, 6.45) is 8.72. The van der Waals surface area contributed by atoms with Gasteiger partial charge in [-0.15, -0.1) is 0 Å². The second-order valence-corrected chi connectivity index (χ2v) is 8.95. The number of hydrogen-bond donors (Lipinski definition) is 2. The molecule has 1 aromatic carbocycles. The molecule has 0 spiro atoms. The van der Waals surface area contributed by atoms with Gasteiger partial charge in [-0.1, -0.05) is 36.7 Å². The van der Waals surface area contributed by atoms with E-state index in [4.69, 9.17) is 21.1 Å². The number of carbonyl (C=O) groups is 1. The van der Waals surface area contributed by atoms with Crippen molar-refractivity contribution < 1.29 is 19.4 Å². The molecule has 0 fully saturated rings. The number of rotatable bonds is 10. The van der Waals surface area contributed by atoms with E-state index in [1.165, 1.54) is 31.0 Å². The zero-order valence-corrected chi connectivity index (χ0v) is 21.3. The van der Waals surface area contributed by atoms with Gasteiger partial charge in [-0.05, 0) is 36.3 Å². The molecule has 2 aromatic heterocycles. The lowest BCUT2D eigenvalue weighted by Gasteiger charge is -2.21. The van der Waals surface area contributed by atoms with E-state index in [0.717, 1.165) is 10.1 Å². The number of nitrogens with zero attached hydrogens (tertiary/aromatic N) is 5. The third-order valence-electron chi connectivity index (χ3n) is 5.68. The van der Waals surface area contributed by atoms with Gasteiger partial charge in [0.25, 0.3) is 0 Å². The summed E-state index contributed by atoms with van der Waals surface area (Å²) in [4.78, 5) is 49.7. The maximum atomic E-state index is 13.3. The summed E-state index contributed by atoms with van der Waals surface area (Å²) in [5.74, 6) is -0.900. The van der Waals surface area contributed by atoms with Gasteiger partial charge >= 0.3 is 17.3 Å². The van der Waals surface area contributed by atoms with Gasteiger partial charge < -0.3 is 19.9 Å². The minimum atomic E-state index is -1.13. The highest BCUT2D eigenvalue weighted by atomic mass is 35.5. The number of halogens is 1. The lowest BCUT2D eigenvalue weighted by atomic mass is 10.1. The van der Waals surface area contributed by atoms with Crippen LogP contribution in [0.3, 0.4) is 0 Å². The number of methoxy groups -OCH3 is 1. The van der Waals surface area contributed by atoms with Gasteiger partial charge in [0, 0.05) is 11.6 Å². The molecule has 0 radical (unpaired) electrons. The molecule has 4 rings (SSSR count). The van der Waals surface area contributed by atoms with E-state index in [-0.39, 0.29) is 31.0 Å². The Morgan fingerprint density at radius 3 is 2.58 bits per heavy atom. The van der Waals surface area contributed by atoms with Crippen molar-refractivity contribution in [2.24, 2.45) is 5.92 Å². The number of carboxylic acids is 1. The average Bonchev–Trinajstić information content (AvgIpc) is 2.91. The standard InChI is InChI=1S/C25H25ClN6O6/c1-15(22(33)34)13-32-24(35)30-23(31(25(32)36)14-16-3-5-17(26)6-4-16)28-18-7-9-19(10-8-18)38-21-12-27-11-20(29-21)37-2/h3-7,9-12,15,18H,8,13-14H2,1-2H3,(H,33,34)(H,28,30,35)/t15-,18?/m0/s1. The van der Waals surface area contributed by atoms with Crippen LogP contribution in [-0.4, -0.2) is 48.3 Å². The monoisotopic (exact) mass is 540 g/mol. The van der Waals surface area contributed by atoms with Crippen LogP contribution in [0.1, 0.15) is 18.9 Å². The van der Waals surface area contributed by atoms with Crippen molar-refractivity contribution in [3.8, 4) is 11.8 Å². The van der Waals surface area contributed by atoms with E-state index in [2.05, 4.69) is 20.3 Å². The first-order valence-electron chi connectivity index (χ1n) is 11.6. The maximum Gasteiger partial charge on any atom is 0.354 e. The van der Waals surface area contributed by atoms with Gasteiger partial charge in [0.15, 0.2) is 0 Å². The Labute approximate surface area is 221 Å². The van der Waals surface area contributed by atoms with Crippen molar-refractivity contribution in [2.45, 2.75) is 32.5 Å². The molecule has 0 amide bonds. The summed E-state index contributed by atoms with van der Waals surface area (Å²) in [5, 5.41) is 12.9. The molecule has 2 N–H and O–H groups in total. The third-order valence-corrected chi connectivity index (χ3v) is 5.94. The van der Waals surface area contributed by atoms with Crippen molar-refractivity contribution >= 4 is 23.5 Å². The lowest BCUT2D eigenvalue weighted by molar-refractivity contribution is -0.141. The summed E-state index contributed by atoms with van der Waals surface area (Å²) < 4.78 is 12.9. The molecule has 198 valence electrons. The fraction of sp³-hybridized carbons (Fsp3) is 0.280. The normalized spacial score (nSPS) is 15.4. The highest BCUT2D eigenvalue weighted by Gasteiger charge is 2.20. The lowest BCUT2D eigenvalue weighted by Crippen LogP contribution is -2.45. The van der Waals surface area contributed by atoms with Crippen molar-refractivity contribution in [2.75, 3.05) is 12.4 Å². The Balaban J connectivity index is 1.58. The van der Waals surface area contributed by atoms with E-state index < -0.39 is 23.3 Å². The Kier molecular flexibility index (Phi) is 8.22. The fourth-order valence-electron chi connectivity index (χ4n) is 3.61. The largest absolute Gasteiger partial charge is 0.481 e. The van der Waals surface area contributed by atoms with Crippen LogP contribution in [0.15, 0.2) is 70.2 Å². The van der Waals surface area contributed by atoms with Crippen LogP contribution in [0.2, 0.25) is 5.02 Å². The molecule has 38 heavy (non-hydrogen) atoms. The number of hydrogen-bond acceptors (Lipinski definition) is 9. The predicted molar refractivity (Wildman–Crippen MR) is 139 cm³/mol. The number of nitrogens with one attached hydrogen (secondary N) is 1. The Hall–Kier alpha value is -4.45. The van der Waals surface area contributed by atoms with Crippen LogP contribution in [0.25, 0.3) is 0 Å². The number of benzene rings is 1. The molecule has 1 aliphatic carbocycles. The van der Waals surface area contributed by atoms with Crippen LogP contribution in [0, 0.1) is 5.92 Å². The molecular formula is C25H25ClN6O6. The number of allylic oxidation sites excluding steroid dienone is 1. The quantitative estimate of drug-likeness (QED) is 0.392. The minimum Gasteiger partial charge on any atom is -0.481 e. The number of aliphatic carboxylic acids is 1. The van der Waals surface area contributed by atoms with Crippen molar-refractivity contribution in [3.63, 3.8) is 0 Å². The van der Waals surface area contributed by atoms with Crippen LogP contribution in [0.4, 0.5) is 5.95 Å². The van der Waals surface area contributed by atoms with E-state index in [1.807, 2.05) is 6.08 Å². The van der Waals surface area contributed by atoms with E-state index in [0.29, 0.717) is 23.1 Å². The summed E-state index contributed by atoms with van der Waals surface area (Å²) in [7, 11) is 1.48. The first-order valence-corrected chi connectivity index (χ1v) is 12.0. The van der Waals surface area contributed by atoms with Crippen LogP contribution in [-0.2, 0) is 17.9 Å². The molecule has 1 aliphatic rings. The Morgan fingerprint density at radius 1 is 1.18 bits per heavy atom. The molecule has 13 heteroatoms. The van der Waals surface area contributed by atoms with E-state index in [1.54, 1.807) is 36.4 Å². The molecule has 12 nitrogen and oxygen atoms in total. The van der Waals surface area contributed by atoms with Crippen molar-refractivity contribution in [1.82, 2.24) is 24.1 Å². The zero-order chi connectivity index (χ0) is 27.2. The van der Waals surface area contributed by atoms with Gasteiger partial charge in [0.1, 0.15) is 5.76 Å². The Bertz CT molecular complexity index is 1500. The average molecular weight is 541 g/mol. The molecular weight excluding hydrogens is 516 g/mol. The van der Waals surface area contributed by atoms with Gasteiger partial charge in [-0.3, -0.25) is 14.3 Å². The SMILES string of the molecule is COc1cncc(OC2=CCC(Nc3nc(=O)n(C[C@H](C)C(=O)O)c(=O)n3Cc3ccc(Cl)cc3)C=C2)n1. The van der Waals surface area contributed by atoms with Gasteiger partial charge in [0.05, 0.1) is 38.0 Å². The van der Waals surface area contributed by atoms with Crippen LogP contribution in [0.5, 0.6) is 11.8 Å². The predicted octanol–water partition coefficient (Wildman–Crippen LogP) is 2.33. The molecule has 1 unspecified atom stereocenters.